The van der Waals surface area contributed by atoms with E-state index in [1.807, 2.05) is 13.8 Å². The second-order valence-electron chi connectivity index (χ2n) is 6.56. The second kappa shape index (κ2) is 3.81. The zero-order valence-corrected chi connectivity index (χ0v) is 11.4. The van der Waals surface area contributed by atoms with Crippen molar-refractivity contribution in [3.63, 3.8) is 0 Å². The summed E-state index contributed by atoms with van der Waals surface area (Å²) in [7, 11) is 0. The van der Waals surface area contributed by atoms with Gasteiger partial charge in [0.25, 0.3) is 11.3 Å². The largest absolute Gasteiger partial charge is 0.289 e. The lowest BCUT2D eigenvalue weighted by Crippen LogP contribution is -2.37. The van der Waals surface area contributed by atoms with Crippen LogP contribution in [0, 0.1) is 16.2 Å². The van der Waals surface area contributed by atoms with Gasteiger partial charge in [0.2, 0.25) is 5.91 Å². The minimum absolute atomic E-state index is 0.0298. The third-order valence-electron chi connectivity index (χ3n) is 3.36. The molecule has 2 unspecified atom stereocenters. The van der Waals surface area contributed by atoms with Crippen LogP contribution < -0.4 is 4.72 Å². The molecule has 0 spiro atoms. The molecule has 0 aromatic heterocycles. The van der Waals surface area contributed by atoms with Crippen LogP contribution in [0.5, 0.6) is 0 Å². The number of amides is 1. The van der Waals surface area contributed by atoms with Gasteiger partial charge in [0, 0.05) is 0 Å². The van der Waals surface area contributed by atoms with Crippen LogP contribution in [0.25, 0.3) is 0 Å². The molecular weight excluding hydrogens is 226 g/mol. The Hall–Kier alpha value is -0.420. The van der Waals surface area contributed by atoms with Crippen LogP contribution in [0.15, 0.2) is 0 Å². The van der Waals surface area contributed by atoms with Crippen LogP contribution >= 0.6 is 0 Å². The topological polar surface area (TPSA) is 66.4 Å². The fourth-order valence-corrected chi connectivity index (χ4v) is 2.92. The Morgan fingerprint density at radius 1 is 1.44 bits per heavy atom. The molecule has 1 fully saturated rings. The van der Waals surface area contributed by atoms with Gasteiger partial charge >= 0.3 is 0 Å². The van der Waals surface area contributed by atoms with E-state index in [-0.39, 0.29) is 16.7 Å². The van der Waals surface area contributed by atoms with Crippen molar-refractivity contribution in [1.29, 1.82) is 0 Å². The molecule has 5 heteroatoms. The Bertz CT molecular complexity index is 333. The highest BCUT2D eigenvalue weighted by Crippen LogP contribution is 2.67. The minimum Gasteiger partial charge on any atom is -0.289 e. The van der Waals surface area contributed by atoms with Crippen molar-refractivity contribution in [2.24, 2.45) is 16.2 Å². The number of carbonyl (C=O) groups excluding carboxylic acids is 1. The summed E-state index contributed by atoms with van der Waals surface area (Å²) in [5.74, 6) is -0.298. The van der Waals surface area contributed by atoms with Gasteiger partial charge in [-0.1, -0.05) is 34.6 Å². The van der Waals surface area contributed by atoms with E-state index in [4.69, 9.17) is 4.55 Å². The van der Waals surface area contributed by atoms with Crippen molar-refractivity contribution >= 4 is 17.2 Å². The zero-order valence-electron chi connectivity index (χ0n) is 10.6. The van der Waals surface area contributed by atoms with Crippen LogP contribution in [0.2, 0.25) is 0 Å². The van der Waals surface area contributed by atoms with Crippen LogP contribution in [0.4, 0.5) is 0 Å². The average molecular weight is 247 g/mol. The molecule has 2 N–H and O–H groups in total. The Balaban J connectivity index is 2.85. The molecule has 1 amide bonds. The lowest BCUT2D eigenvalue weighted by Gasteiger charge is -2.27. The summed E-state index contributed by atoms with van der Waals surface area (Å²) in [4.78, 5) is 12.0. The fourth-order valence-electron chi connectivity index (χ4n) is 2.56. The molecule has 4 nitrogen and oxygen atoms in total. The number of carbonyl (C=O) groups is 1. The highest BCUT2D eigenvalue weighted by Gasteiger charge is 2.66. The van der Waals surface area contributed by atoms with E-state index in [0.717, 1.165) is 12.8 Å². The van der Waals surface area contributed by atoms with Gasteiger partial charge in [0.15, 0.2) is 0 Å². The minimum atomic E-state index is -2.26. The number of rotatable bonds is 3. The first-order valence-electron chi connectivity index (χ1n) is 5.42. The standard InChI is InChI=1S/C11H21NO3S/c1-9(2,3)6-11(7-10(11,4)5)8(13)12-16(14)15/h6-7H2,1-5H3,(H,12,13)(H,14,15). The average Bonchev–Trinajstić information content (AvgIpc) is 2.48. The van der Waals surface area contributed by atoms with E-state index in [0.29, 0.717) is 0 Å². The summed E-state index contributed by atoms with van der Waals surface area (Å²) in [5, 5.41) is 0. The van der Waals surface area contributed by atoms with Crippen LogP contribution in [0.1, 0.15) is 47.5 Å². The molecule has 1 aliphatic carbocycles. The molecule has 0 heterocycles. The summed E-state index contributed by atoms with van der Waals surface area (Å²) in [6.45, 7) is 10.3. The van der Waals surface area contributed by atoms with Crippen molar-refractivity contribution in [3.8, 4) is 0 Å². The van der Waals surface area contributed by atoms with Gasteiger partial charge in [-0.2, -0.15) is 0 Å². The maximum Gasteiger partial charge on any atom is 0.261 e. The Morgan fingerprint density at radius 3 is 2.12 bits per heavy atom. The summed E-state index contributed by atoms with van der Waals surface area (Å²) >= 11 is -2.26. The van der Waals surface area contributed by atoms with E-state index >= 15 is 0 Å². The van der Waals surface area contributed by atoms with E-state index in [2.05, 4.69) is 25.5 Å². The second-order valence-corrected chi connectivity index (χ2v) is 7.26. The molecule has 1 rings (SSSR count). The predicted molar refractivity (Wildman–Crippen MR) is 63.8 cm³/mol. The maximum atomic E-state index is 12.0. The van der Waals surface area contributed by atoms with Crippen LogP contribution in [-0.2, 0) is 16.1 Å². The Kier molecular flexibility index (Phi) is 3.25. The van der Waals surface area contributed by atoms with Crippen molar-refractivity contribution in [2.45, 2.75) is 47.5 Å². The van der Waals surface area contributed by atoms with E-state index in [1.165, 1.54) is 0 Å². The summed E-state index contributed by atoms with van der Waals surface area (Å²) in [6, 6.07) is 0. The molecule has 1 saturated carbocycles. The van der Waals surface area contributed by atoms with Gasteiger partial charge in [0.05, 0.1) is 5.41 Å². The van der Waals surface area contributed by atoms with Gasteiger partial charge in [-0.05, 0) is 23.7 Å². The fraction of sp³-hybridized carbons (Fsp3) is 0.909. The first-order valence-corrected chi connectivity index (χ1v) is 6.53. The molecule has 0 aromatic carbocycles. The molecule has 0 aromatic rings. The number of hydrogen-bond acceptors (Lipinski definition) is 2. The molecule has 1 aliphatic rings. The SMILES string of the molecule is CC(C)(C)CC1(C(=O)NS(=O)O)CC1(C)C. The van der Waals surface area contributed by atoms with Gasteiger partial charge in [-0.25, -0.2) is 4.21 Å². The predicted octanol–water partition coefficient (Wildman–Crippen LogP) is 2.09. The molecule has 0 radical (unpaired) electrons. The monoisotopic (exact) mass is 247 g/mol. The number of hydrogen-bond donors (Lipinski definition) is 2. The third kappa shape index (κ3) is 2.63. The van der Waals surface area contributed by atoms with Crippen molar-refractivity contribution in [3.05, 3.63) is 0 Å². The lowest BCUT2D eigenvalue weighted by atomic mass is 9.78. The summed E-state index contributed by atoms with van der Waals surface area (Å²) in [5.41, 5.74) is -0.532. The first-order chi connectivity index (χ1) is 7.00. The van der Waals surface area contributed by atoms with Crippen molar-refractivity contribution in [1.82, 2.24) is 4.72 Å². The Morgan fingerprint density at radius 2 is 1.88 bits per heavy atom. The quantitative estimate of drug-likeness (QED) is 0.750. The molecule has 0 saturated heterocycles. The number of nitrogens with one attached hydrogen (secondary N) is 1. The third-order valence-corrected chi connectivity index (χ3v) is 3.72. The summed E-state index contributed by atoms with van der Waals surface area (Å²) in [6.07, 6.45) is 1.51. The van der Waals surface area contributed by atoms with Gasteiger partial charge in [-0.15, -0.1) is 0 Å². The van der Waals surface area contributed by atoms with Gasteiger partial charge in [0.1, 0.15) is 0 Å². The van der Waals surface area contributed by atoms with E-state index in [1.54, 1.807) is 0 Å². The van der Waals surface area contributed by atoms with Crippen LogP contribution in [-0.4, -0.2) is 14.7 Å². The first kappa shape index (κ1) is 13.6. The van der Waals surface area contributed by atoms with Crippen molar-refractivity contribution in [2.75, 3.05) is 0 Å². The summed E-state index contributed by atoms with van der Waals surface area (Å²) < 4.78 is 21.5. The smallest absolute Gasteiger partial charge is 0.261 e. The molecule has 16 heavy (non-hydrogen) atoms. The normalized spacial score (nSPS) is 29.6. The molecule has 94 valence electrons. The molecule has 2 atom stereocenters. The zero-order chi connectivity index (χ0) is 12.8. The van der Waals surface area contributed by atoms with Crippen molar-refractivity contribution < 1.29 is 13.6 Å². The lowest BCUT2D eigenvalue weighted by molar-refractivity contribution is -0.126. The van der Waals surface area contributed by atoms with E-state index in [9.17, 15) is 9.00 Å². The highest BCUT2D eigenvalue weighted by atomic mass is 32.2. The van der Waals surface area contributed by atoms with Crippen LogP contribution in [0.3, 0.4) is 0 Å². The molecule has 0 bridgehead atoms. The van der Waals surface area contributed by atoms with E-state index < -0.39 is 16.7 Å². The maximum absolute atomic E-state index is 12.0. The van der Waals surface area contributed by atoms with Gasteiger partial charge in [-0.3, -0.25) is 14.1 Å². The molecule has 0 aliphatic heterocycles. The molecular formula is C11H21NO3S. The van der Waals surface area contributed by atoms with Gasteiger partial charge < -0.3 is 0 Å². The highest BCUT2D eigenvalue weighted by molar-refractivity contribution is 7.77. The Labute approximate surface area is 99.6 Å².